The topological polar surface area (TPSA) is 61.7 Å². The van der Waals surface area contributed by atoms with E-state index >= 15 is 0 Å². The highest BCUT2D eigenvalue weighted by Gasteiger charge is 2.25. The lowest BCUT2D eigenvalue weighted by atomic mass is 10.1. The normalized spacial score (nSPS) is 15.0. The van der Waals surface area contributed by atoms with Gasteiger partial charge in [-0.2, -0.15) is 5.10 Å². The Morgan fingerprint density at radius 2 is 1.87 bits per heavy atom. The highest BCUT2D eigenvalue weighted by Crippen LogP contribution is 2.21. The molecule has 0 atom stereocenters. The van der Waals surface area contributed by atoms with Crippen LogP contribution in [0.3, 0.4) is 0 Å². The molecule has 2 amide bonds. The average molecular weight is 446 g/mol. The molecule has 0 spiro atoms. The second kappa shape index (κ2) is 10.8. The van der Waals surface area contributed by atoms with Crippen molar-refractivity contribution in [1.29, 1.82) is 0 Å². The molecule has 2 heterocycles. The Hall–Kier alpha value is -2.38. The third-order valence-electron chi connectivity index (χ3n) is 5.84. The summed E-state index contributed by atoms with van der Waals surface area (Å²) < 4.78 is 1.80. The van der Waals surface area contributed by atoms with Gasteiger partial charge in [-0.3, -0.25) is 14.5 Å². The summed E-state index contributed by atoms with van der Waals surface area (Å²) in [5.74, 6) is 0.155. The Labute approximate surface area is 189 Å². The van der Waals surface area contributed by atoms with Crippen molar-refractivity contribution < 1.29 is 9.59 Å². The fourth-order valence-corrected chi connectivity index (χ4v) is 4.28. The minimum absolute atomic E-state index is 0.00190. The molecule has 1 aliphatic rings. The van der Waals surface area contributed by atoms with E-state index in [2.05, 4.69) is 10.00 Å². The van der Waals surface area contributed by atoms with Crippen LogP contribution in [0.25, 0.3) is 5.69 Å². The van der Waals surface area contributed by atoms with E-state index in [-0.39, 0.29) is 11.8 Å². The van der Waals surface area contributed by atoms with Crippen LogP contribution in [0.15, 0.2) is 30.5 Å². The van der Waals surface area contributed by atoms with E-state index in [0.29, 0.717) is 43.2 Å². The van der Waals surface area contributed by atoms with E-state index in [9.17, 15) is 9.59 Å². The van der Waals surface area contributed by atoms with Gasteiger partial charge >= 0.3 is 0 Å². The minimum Gasteiger partial charge on any atom is -0.342 e. The first-order valence-electron chi connectivity index (χ1n) is 11.1. The number of likely N-dealkylation sites (N-methyl/N-ethyl adjacent to an activating group) is 1. The van der Waals surface area contributed by atoms with Crippen LogP contribution in [0.4, 0.5) is 0 Å². The molecule has 31 heavy (non-hydrogen) atoms. The predicted octanol–water partition coefficient (Wildman–Crippen LogP) is 3.10. The van der Waals surface area contributed by atoms with Crippen molar-refractivity contribution in [1.82, 2.24) is 24.5 Å². The van der Waals surface area contributed by atoms with Crippen molar-refractivity contribution in [2.75, 3.05) is 45.8 Å². The van der Waals surface area contributed by atoms with Crippen molar-refractivity contribution in [2.24, 2.45) is 0 Å². The largest absolute Gasteiger partial charge is 0.342 e. The molecule has 1 aromatic heterocycles. The number of halogens is 1. The molecule has 0 unspecified atom stereocenters. The van der Waals surface area contributed by atoms with Crippen molar-refractivity contribution >= 4 is 23.4 Å². The van der Waals surface area contributed by atoms with E-state index in [4.69, 9.17) is 11.6 Å². The summed E-state index contributed by atoms with van der Waals surface area (Å²) in [4.78, 5) is 31.7. The van der Waals surface area contributed by atoms with Gasteiger partial charge < -0.3 is 9.80 Å². The second-order valence-electron chi connectivity index (χ2n) is 7.74. The van der Waals surface area contributed by atoms with Gasteiger partial charge in [0.1, 0.15) is 0 Å². The molecule has 2 aromatic rings. The van der Waals surface area contributed by atoms with Crippen molar-refractivity contribution in [3.05, 3.63) is 46.7 Å². The highest BCUT2D eigenvalue weighted by molar-refractivity contribution is 6.30. The molecule has 7 nitrogen and oxygen atoms in total. The van der Waals surface area contributed by atoms with E-state index in [1.807, 2.05) is 54.8 Å². The average Bonchev–Trinajstić information content (AvgIpc) is 3.06. The number of hydrogen-bond donors (Lipinski definition) is 0. The third-order valence-corrected chi connectivity index (χ3v) is 6.07. The molecule has 1 fully saturated rings. The number of rotatable bonds is 7. The zero-order valence-electron chi connectivity index (χ0n) is 18.7. The van der Waals surface area contributed by atoms with E-state index < -0.39 is 0 Å². The maximum absolute atomic E-state index is 13.3. The van der Waals surface area contributed by atoms with Gasteiger partial charge in [0, 0.05) is 44.3 Å². The van der Waals surface area contributed by atoms with Crippen LogP contribution in [0, 0.1) is 0 Å². The molecular formula is C23H32ClN5O2. The molecule has 1 saturated heterocycles. The molecule has 0 bridgehead atoms. The first-order chi connectivity index (χ1) is 15.0. The number of carbonyl (C=O) groups is 2. The van der Waals surface area contributed by atoms with Gasteiger partial charge in [-0.25, -0.2) is 4.68 Å². The molecule has 1 aliphatic heterocycles. The molecular weight excluding hydrogens is 414 g/mol. The quantitative estimate of drug-likeness (QED) is 0.657. The minimum atomic E-state index is 0.00190. The third kappa shape index (κ3) is 5.46. The lowest BCUT2D eigenvalue weighted by Gasteiger charge is -2.25. The van der Waals surface area contributed by atoms with Crippen LogP contribution in [0.5, 0.6) is 0 Å². The Balaban J connectivity index is 1.70. The van der Waals surface area contributed by atoms with Crippen molar-refractivity contribution in [3.63, 3.8) is 0 Å². The first-order valence-corrected chi connectivity index (χ1v) is 11.5. The molecule has 0 saturated carbocycles. The molecule has 0 N–H and O–H groups in total. The van der Waals surface area contributed by atoms with Crippen LogP contribution in [-0.2, 0) is 11.2 Å². The van der Waals surface area contributed by atoms with Crippen molar-refractivity contribution in [2.45, 2.75) is 33.6 Å². The SMILES string of the molecule is CCc1c(C(=O)N2CCCN(CC(=O)N(CC)CC)CC2)cnn1-c1cccc(Cl)c1. The monoisotopic (exact) mass is 445 g/mol. The maximum atomic E-state index is 13.3. The van der Waals surface area contributed by atoms with Gasteiger partial charge in [-0.05, 0) is 44.9 Å². The Morgan fingerprint density at radius 3 is 2.55 bits per heavy atom. The number of benzene rings is 1. The van der Waals surface area contributed by atoms with Crippen molar-refractivity contribution in [3.8, 4) is 5.69 Å². The number of aromatic nitrogens is 2. The summed E-state index contributed by atoms with van der Waals surface area (Å²) >= 11 is 6.14. The number of hydrogen-bond acceptors (Lipinski definition) is 4. The zero-order chi connectivity index (χ0) is 22.4. The smallest absolute Gasteiger partial charge is 0.257 e. The Bertz CT molecular complexity index is 909. The maximum Gasteiger partial charge on any atom is 0.257 e. The predicted molar refractivity (Wildman–Crippen MR) is 123 cm³/mol. The fraction of sp³-hybridized carbons (Fsp3) is 0.522. The standard InChI is InChI=1S/C23H32ClN5O2/c1-4-21-20(16-25-29(21)19-10-7-9-18(24)15-19)23(31)28-12-8-11-26(13-14-28)17-22(30)27(5-2)6-3/h7,9-10,15-16H,4-6,8,11-14,17H2,1-3H3. The van der Waals surface area contributed by atoms with Gasteiger partial charge in [0.25, 0.3) is 5.91 Å². The lowest BCUT2D eigenvalue weighted by Crippen LogP contribution is -2.42. The Kier molecular flexibility index (Phi) is 8.09. The van der Waals surface area contributed by atoms with E-state index in [0.717, 1.165) is 37.4 Å². The fourth-order valence-electron chi connectivity index (χ4n) is 4.09. The Morgan fingerprint density at radius 1 is 1.10 bits per heavy atom. The molecule has 0 aliphatic carbocycles. The summed E-state index contributed by atoms with van der Waals surface area (Å²) in [6, 6.07) is 7.48. The number of carbonyl (C=O) groups excluding carboxylic acids is 2. The van der Waals surface area contributed by atoms with Crippen LogP contribution >= 0.6 is 11.6 Å². The van der Waals surface area contributed by atoms with Crippen LogP contribution in [0.1, 0.15) is 43.2 Å². The summed E-state index contributed by atoms with van der Waals surface area (Å²) in [6.45, 7) is 10.7. The molecule has 8 heteroatoms. The van der Waals surface area contributed by atoms with Gasteiger partial charge in [0.05, 0.1) is 29.7 Å². The van der Waals surface area contributed by atoms with E-state index in [1.54, 1.807) is 10.9 Å². The molecule has 1 aromatic carbocycles. The lowest BCUT2D eigenvalue weighted by molar-refractivity contribution is -0.132. The molecule has 0 radical (unpaired) electrons. The summed E-state index contributed by atoms with van der Waals surface area (Å²) in [5, 5.41) is 5.11. The number of nitrogens with zero attached hydrogens (tertiary/aromatic N) is 5. The van der Waals surface area contributed by atoms with Gasteiger partial charge in [0.2, 0.25) is 5.91 Å². The van der Waals surface area contributed by atoms with Gasteiger partial charge in [0.15, 0.2) is 0 Å². The van der Waals surface area contributed by atoms with Crippen LogP contribution in [0.2, 0.25) is 5.02 Å². The second-order valence-corrected chi connectivity index (χ2v) is 8.17. The summed E-state index contributed by atoms with van der Waals surface area (Å²) in [5.41, 5.74) is 2.36. The summed E-state index contributed by atoms with van der Waals surface area (Å²) in [6.07, 6.45) is 3.20. The first kappa shape index (κ1) is 23.3. The van der Waals surface area contributed by atoms with Gasteiger partial charge in [-0.15, -0.1) is 0 Å². The zero-order valence-corrected chi connectivity index (χ0v) is 19.4. The number of amides is 2. The van der Waals surface area contributed by atoms with Crippen LogP contribution in [-0.4, -0.2) is 82.1 Å². The van der Waals surface area contributed by atoms with Gasteiger partial charge in [-0.1, -0.05) is 24.6 Å². The summed E-state index contributed by atoms with van der Waals surface area (Å²) in [7, 11) is 0. The van der Waals surface area contributed by atoms with Crippen LogP contribution < -0.4 is 0 Å². The molecule has 3 rings (SSSR count). The molecule has 168 valence electrons. The highest BCUT2D eigenvalue weighted by atomic mass is 35.5. The van der Waals surface area contributed by atoms with E-state index in [1.165, 1.54) is 0 Å².